The number of nitrogens with zero attached hydrogens (tertiary/aromatic N) is 1. The molecule has 3 aromatic carbocycles. The summed E-state index contributed by atoms with van der Waals surface area (Å²) < 4.78 is 29.6. The average molecular weight is 363 g/mol. The van der Waals surface area contributed by atoms with Crippen LogP contribution in [0.4, 0.5) is 4.39 Å². The molecule has 3 rings (SSSR count). The van der Waals surface area contributed by atoms with Crippen molar-refractivity contribution in [2.75, 3.05) is 7.11 Å². The number of ether oxygens (including phenoxy) is 3. The first-order valence-corrected chi connectivity index (χ1v) is 8.35. The molecular weight excluding hydrogens is 345 g/mol. The van der Waals surface area contributed by atoms with E-state index in [9.17, 15) is 4.39 Å². The Balaban J connectivity index is 1.56. The van der Waals surface area contributed by atoms with Crippen LogP contribution in [0.3, 0.4) is 0 Å². The lowest BCUT2D eigenvalue weighted by molar-refractivity contribution is 0.105. The first kappa shape index (κ1) is 18.4. The van der Waals surface area contributed by atoms with E-state index in [1.54, 1.807) is 37.4 Å². The van der Waals surface area contributed by atoms with Gasteiger partial charge in [-0.25, -0.2) is 4.39 Å². The van der Waals surface area contributed by atoms with Crippen molar-refractivity contribution in [1.29, 1.82) is 5.26 Å². The fraction of sp³-hybridized carbons (Fsp3) is 0.136. The van der Waals surface area contributed by atoms with Crippen molar-refractivity contribution >= 4 is 0 Å². The fourth-order valence-corrected chi connectivity index (χ4v) is 2.53. The summed E-state index contributed by atoms with van der Waals surface area (Å²) in [6, 6.07) is 20.7. The van der Waals surface area contributed by atoms with Gasteiger partial charge >= 0.3 is 0 Å². The highest BCUT2D eigenvalue weighted by atomic mass is 19.1. The molecule has 0 amide bonds. The molecule has 0 atom stereocenters. The van der Waals surface area contributed by atoms with E-state index in [-0.39, 0.29) is 5.82 Å². The minimum atomic E-state index is -0.299. The molecule has 0 saturated heterocycles. The standard InChI is InChI=1S/C22H18FNO3/c1-25-22-11-4-17(13-24)12-18(22)15-26-14-16-2-7-20(8-3-16)27-21-9-5-19(23)6-10-21/h2-12H,14-15H2,1H3. The molecule has 136 valence electrons. The summed E-state index contributed by atoms with van der Waals surface area (Å²) in [6.45, 7) is 0.753. The number of hydrogen-bond donors (Lipinski definition) is 0. The van der Waals surface area contributed by atoms with Crippen molar-refractivity contribution in [3.05, 3.63) is 89.2 Å². The molecule has 0 N–H and O–H groups in total. The topological polar surface area (TPSA) is 51.5 Å². The summed E-state index contributed by atoms with van der Waals surface area (Å²) in [6.07, 6.45) is 0. The first-order chi connectivity index (χ1) is 13.2. The van der Waals surface area contributed by atoms with Crippen molar-refractivity contribution < 1.29 is 18.6 Å². The van der Waals surface area contributed by atoms with Gasteiger partial charge in [-0.1, -0.05) is 12.1 Å². The maximum absolute atomic E-state index is 12.9. The van der Waals surface area contributed by atoms with E-state index in [4.69, 9.17) is 19.5 Å². The molecule has 0 fully saturated rings. The summed E-state index contributed by atoms with van der Waals surface area (Å²) in [5.41, 5.74) is 2.38. The molecule has 5 heteroatoms. The van der Waals surface area contributed by atoms with Crippen LogP contribution in [0.1, 0.15) is 16.7 Å². The van der Waals surface area contributed by atoms with Gasteiger partial charge in [-0.05, 0) is 60.2 Å². The Bertz CT molecular complexity index is 931. The van der Waals surface area contributed by atoms with E-state index < -0.39 is 0 Å². The van der Waals surface area contributed by atoms with Crippen molar-refractivity contribution in [2.45, 2.75) is 13.2 Å². The number of methoxy groups -OCH3 is 1. The van der Waals surface area contributed by atoms with Crippen LogP contribution in [0.2, 0.25) is 0 Å². The maximum atomic E-state index is 12.9. The number of hydrogen-bond acceptors (Lipinski definition) is 4. The normalized spacial score (nSPS) is 10.3. The Morgan fingerprint density at radius 2 is 1.56 bits per heavy atom. The van der Waals surface area contributed by atoms with Crippen LogP contribution in [0.15, 0.2) is 66.7 Å². The molecule has 0 aliphatic rings. The Kier molecular flexibility index (Phi) is 6.03. The summed E-state index contributed by atoms with van der Waals surface area (Å²) in [7, 11) is 1.59. The highest BCUT2D eigenvalue weighted by Gasteiger charge is 2.05. The van der Waals surface area contributed by atoms with Crippen LogP contribution in [0.25, 0.3) is 0 Å². The zero-order valence-electron chi connectivity index (χ0n) is 14.8. The number of rotatable bonds is 7. The SMILES string of the molecule is COc1ccc(C#N)cc1COCc1ccc(Oc2ccc(F)cc2)cc1. The third-order valence-corrected chi connectivity index (χ3v) is 3.91. The Hall–Kier alpha value is -3.36. The van der Waals surface area contributed by atoms with Gasteiger partial charge in [-0.15, -0.1) is 0 Å². The predicted octanol–water partition coefficient (Wildman–Crippen LogP) is 5.22. The van der Waals surface area contributed by atoms with E-state index in [1.165, 1.54) is 12.1 Å². The van der Waals surface area contributed by atoms with Gasteiger partial charge in [-0.2, -0.15) is 5.26 Å². The first-order valence-electron chi connectivity index (χ1n) is 8.35. The van der Waals surface area contributed by atoms with Crippen LogP contribution < -0.4 is 9.47 Å². The second kappa shape index (κ2) is 8.84. The summed E-state index contributed by atoms with van der Waals surface area (Å²) in [4.78, 5) is 0. The van der Waals surface area contributed by atoms with E-state index >= 15 is 0 Å². The van der Waals surface area contributed by atoms with Gasteiger partial charge in [0.15, 0.2) is 0 Å². The quantitative estimate of drug-likeness (QED) is 0.578. The van der Waals surface area contributed by atoms with Crippen molar-refractivity contribution in [1.82, 2.24) is 0 Å². The zero-order valence-corrected chi connectivity index (χ0v) is 14.8. The Morgan fingerprint density at radius 3 is 2.19 bits per heavy atom. The molecule has 3 aromatic rings. The monoisotopic (exact) mass is 363 g/mol. The largest absolute Gasteiger partial charge is 0.496 e. The Morgan fingerprint density at radius 1 is 0.889 bits per heavy atom. The number of halogens is 1. The third kappa shape index (κ3) is 5.06. The number of benzene rings is 3. The number of nitriles is 1. The molecule has 0 bridgehead atoms. The molecule has 0 radical (unpaired) electrons. The molecule has 27 heavy (non-hydrogen) atoms. The maximum Gasteiger partial charge on any atom is 0.127 e. The lowest BCUT2D eigenvalue weighted by atomic mass is 10.1. The van der Waals surface area contributed by atoms with Gasteiger partial charge in [0.2, 0.25) is 0 Å². The lowest BCUT2D eigenvalue weighted by Crippen LogP contribution is -1.98. The van der Waals surface area contributed by atoms with Crippen LogP contribution in [-0.2, 0) is 18.0 Å². The van der Waals surface area contributed by atoms with Crippen LogP contribution >= 0.6 is 0 Å². The highest BCUT2D eigenvalue weighted by Crippen LogP contribution is 2.23. The summed E-state index contributed by atoms with van der Waals surface area (Å²) in [5, 5.41) is 9.01. The lowest BCUT2D eigenvalue weighted by Gasteiger charge is -2.10. The molecule has 0 aliphatic carbocycles. The van der Waals surface area contributed by atoms with Gasteiger partial charge in [0, 0.05) is 5.56 Å². The smallest absolute Gasteiger partial charge is 0.127 e. The summed E-state index contributed by atoms with van der Waals surface area (Å²) in [5.74, 6) is 1.63. The highest BCUT2D eigenvalue weighted by molar-refractivity contribution is 5.41. The molecule has 0 heterocycles. The average Bonchev–Trinajstić information content (AvgIpc) is 2.71. The molecule has 0 spiro atoms. The van der Waals surface area contributed by atoms with E-state index in [0.717, 1.165) is 11.1 Å². The van der Waals surface area contributed by atoms with Crippen LogP contribution in [0.5, 0.6) is 17.2 Å². The van der Waals surface area contributed by atoms with Crippen LogP contribution in [-0.4, -0.2) is 7.11 Å². The second-order valence-corrected chi connectivity index (χ2v) is 5.83. The second-order valence-electron chi connectivity index (χ2n) is 5.83. The van der Waals surface area contributed by atoms with Gasteiger partial charge in [0.25, 0.3) is 0 Å². The van der Waals surface area contributed by atoms with Crippen molar-refractivity contribution in [3.63, 3.8) is 0 Å². The minimum absolute atomic E-state index is 0.299. The van der Waals surface area contributed by atoms with Gasteiger partial charge in [0.05, 0.1) is 32.0 Å². The molecule has 0 aromatic heterocycles. The fourth-order valence-electron chi connectivity index (χ4n) is 2.53. The van der Waals surface area contributed by atoms with Gasteiger partial charge < -0.3 is 14.2 Å². The molecule has 4 nitrogen and oxygen atoms in total. The zero-order chi connectivity index (χ0) is 19.1. The van der Waals surface area contributed by atoms with E-state index in [2.05, 4.69) is 6.07 Å². The van der Waals surface area contributed by atoms with Crippen LogP contribution in [0, 0.1) is 17.1 Å². The summed E-state index contributed by atoms with van der Waals surface area (Å²) >= 11 is 0. The van der Waals surface area contributed by atoms with Gasteiger partial charge in [0.1, 0.15) is 23.1 Å². The molecule has 0 unspecified atom stereocenters. The van der Waals surface area contributed by atoms with Crippen molar-refractivity contribution in [2.24, 2.45) is 0 Å². The van der Waals surface area contributed by atoms with E-state index in [0.29, 0.717) is 36.0 Å². The van der Waals surface area contributed by atoms with E-state index in [1.807, 2.05) is 24.3 Å². The molecule has 0 saturated carbocycles. The minimum Gasteiger partial charge on any atom is -0.496 e. The van der Waals surface area contributed by atoms with Crippen molar-refractivity contribution in [3.8, 4) is 23.3 Å². The predicted molar refractivity (Wildman–Crippen MR) is 99.1 cm³/mol. The van der Waals surface area contributed by atoms with Gasteiger partial charge in [-0.3, -0.25) is 0 Å². The Labute approximate surface area is 157 Å². The molecule has 0 aliphatic heterocycles. The third-order valence-electron chi connectivity index (χ3n) is 3.91. The molecular formula is C22H18FNO3.